The zero-order chi connectivity index (χ0) is 17.5. The minimum Gasteiger partial charge on any atom is -0.490 e. The molecule has 1 saturated heterocycles. The summed E-state index contributed by atoms with van der Waals surface area (Å²) in [7, 11) is 2.16. The highest BCUT2D eigenvalue weighted by Gasteiger charge is 2.27. The van der Waals surface area contributed by atoms with Crippen molar-refractivity contribution in [1.29, 1.82) is 0 Å². The zero-order valence-corrected chi connectivity index (χ0v) is 15.5. The van der Waals surface area contributed by atoms with Gasteiger partial charge >= 0.3 is 0 Å². The largest absolute Gasteiger partial charge is 0.490 e. The van der Waals surface area contributed by atoms with E-state index in [0.717, 1.165) is 43.1 Å². The minimum absolute atomic E-state index is 0.000538. The van der Waals surface area contributed by atoms with Crippen molar-refractivity contribution in [1.82, 2.24) is 9.80 Å². The molecule has 2 atom stereocenters. The van der Waals surface area contributed by atoms with Crippen LogP contribution in [0.3, 0.4) is 0 Å². The van der Waals surface area contributed by atoms with Crippen LogP contribution in [0.2, 0.25) is 0 Å². The van der Waals surface area contributed by atoms with Crippen LogP contribution in [-0.2, 0) is 0 Å². The fourth-order valence-corrected chi connectivity index (χ4v) is 3.12. The molecule has 0 aliphatic carbocycles. The van der Waals surface area contributed by atoms with E-state index < -0.39 is 0 Å². The summed E-state index contributed by atoms with van der Waals surface area (Å²) in [5.74, 6) is 1.55. The lowest BCUT2D eigenvalue weighted by Gasteiger charge is -2.41. The van der Waals surface area contributed by atoms with Gasteiger partial charge in [0.15, 0.2) is 11.5 Å². The Morgan fingerprint density at radius 1 is 1.21 bits per heavy atom. The van der Waals surface area contributed by atoms with Gasteiger partial charge in [0.2, 0.25) is 0 Å². The van der Waals surface area contributed by atoms with Gasteiger partial charge in [-0.2, -0.15) is 0 Å². The topological polar surface area (TPSA) is 45.2 Å². The maximum absolute atomic E-state index is 9.99. The van der Waals surface area contributed by atoms with Gasteiger partial charge < -0.3 is 19.5 Å². The second-order valence-electron chi connectivity index (χ2n) is 6.51. The maximum Gasteiger partial charge on any atom is 0.161 e. The van der Waals surface area contributed by atoms with Gasteiger partial charge in [-0.1, -0.05) is 13.0 Å². The Morgan fingerprint density at radius 3 is 2.62 bits per heavy atom. The van der Waals surface area contributed by atoms with Crippen LogP contribution in [0.25, 0.3) is 0 Å². The molecule has 0 saturated carbocycles. The number of aliphatic hydroxyl groups is 1. The normalized spacial score (nSPS) is 20.8. The molecule has 2 unspecified atom stereocenters. The number of aliphatic hydroxyl groups excluding tert-OH is 1. The Hall–Kier alpha value is -1.30. The number of hydrogen-bond donors (Lipinski definition) is 1. The fraction of sp³-hybridized carbons (Fsp3) is 0.684. The van der Waals surface area contributed by atoms with Crippen molar-refractivity contribution in [2.75, 3.05) is 46.5 Å². The minimum atomic E-state index is 0.000538. The Bertz CT molecular complexity index is 509. The molecule has 0 spiro atoms. The van der Waals surface area contributed by atoms with Crippen molar-refractivity contribution in [3.05, 3.63) is 23.8 Å². The summed E-state index contributed by atoms with van der Waals surface area (Å²) in [6.45, 7) is 10.6. The van der Waals surface area contributed by atoms with Crippen molar-refractivity contribution >= 4 is 0 Å². The number of likely N-dealkylation sites (N-methyl/N-ethyl adjacent to an activating group) is 1. The van der Waals surface area contributed by atoms with E-state index in [4.69, 9.17) is 9.47 Å². The lowest BCUT2D eigenvalue weighted by Crippen LogP contribution is -2.51. The molecule has 5 heteroatoms. The molecule has 1 aromatic rings. The third-order valence-corrected chi connectivity index (χ3v) is 4.72. The van der Waals surface area contributed by atoms with Gasteiger partial charge in [-0.3, -0.25) is 4.90 Å². The van der Waals surface area contributed by atoms with Gasteiger partial charge in [-0.05, 0) is 45.0 Å². The SMILES string of the molecule is CCCOc1ccc(C(CO)N2CCN(C)C(C)C2)cc1OCC. The number of hydrogen-bond acceptors (Lipinski definition) is 5. The Kier molecular flexibility index (Phi) is 7.34. The first-order valence-corrected chi connectivity index (χ1v) is 9.05. The van der Waals surface area contributed by atoms with Crippen molar-refractivity contribution in [2.45, 2.75) is 39.3 Å². The van der Waals surface area contributed by atoms with E-state index in [1.165, 1.54) is 0 Å². The van der Waals surface area contributed by atoms with Gasteiger partial charge in [0.05, 0.1) is 25.9 Å². The summed E-state index contributed by atoms with van der Waals surface area (Å²) in [5, 5.41) is 9.99. The second-order valence-corrected chi connectivity index (χ2v) is 6.51. The van der Waals surface area contributed by atoms with Crippen LogP contribution in [0.15, 0.2) is 18.2 Å². The summed E-state index contributed by atoms with van der Waals surface area (Å²) in [4.78, 5) is 4.72. The predicted molar refractivity (Wildman–Crippen MR) is 96.9 cm³/mol. The van der Waals surface area contributed by atoms with E-state index in [1.54, 1.807) is 0 Å². The maximum atomic E-state index is 9.99. The van der Waals surface area contributed by atoms with Crippen molar-refractivity contribution in [2.24, 2.45) is 0 Å². The number of benzene rings is 1. The molecule has 0 radical (unpaired) electrons. The molecule has 0 bridgehead atoms. The van der Waals surface area contributed by atoms with Gasteiger partial charge in [0, 0.05) is 25.7 Å². The van der Waals surface area contributed by atoms with Crippen LogP contribution < -0.4 is 9.47 Å². The number of rotatable bonds is 8. The number of piperazine rings is 1. The molecule has 24 heavy (non-hydrogen) atoms. The fourth-order valence-electron chi connectivity index (χ4n) is 3.12. The first-order valence-electron chi connectivity index (χ1n) is 9.05. The average Bonchev–Trinajstić information content (AvgIpc) is 2.58. The summed E-state index contributed by atoms with van der Waals surface area (Å²) in [6.07, 6.45) is 0.964. The van der Waals surface area contributed by atoms with Crippen LogP contribution >= 0.6 is 0 Å². The number of ether oxygens (including phenoxy) is 2. The molecule has 0 amide bonds. The van der Waals surface area contributed by atoms with Crippen LogP contribution in [0.4, 0.5) is 0 Å². The molecule has 1 fully saturated rings. The first-order chi connectivity index (χ1) is 11.6. The summed E-state index contributed by atoms with van der Waals surface area (Å²) < 4.78 is 11.5. The van der Waals surface area contributed by atoms with Gasteiger partial charge in [0.1, 0.15) is 0 Å². The zero-order valence-electron chi connectivity index (χ0n) is 15.5. The third kappa shape index (κ3) is 4.62. The standard InChI is InChI=1S/C19H32N2O3/c1-5-11-24-18-8-7-16(12-19(18)23-6-2)17(14-22)21-10-9-20(4)15(3)13-21/h7-8,12,15,17,22H,5-6,9-11,13-14H2,1-4H3. The Labute approximate surface area is 146 Å². The molecular formula is C19H32N2O3. The Morgan fingerprint density at radius 2 is 2.00 bits per heavy atom. The van der Waals surface area contributed by atoms with Crippen molar-refractivity contribution in [3.63, 3.8) is 0 Å². The smallest absolute Gasteiger partial charge is 0.161 e. The monoisotopic (exact) mass is 336 g/mol. The van der Waals surface area contributed by atoms with E-state index in [-0.39, 0.29) is 12.6 Å². The third-order valence-electron chi connectivity index (χ3n) is 4.72. The quantitative estimate of drug-likeness (QED) is 0.790. The molecule has 136 valence electrons. The highest BCUT2D eigenvalue weighted by atomic mass is 16.5. The molecule has 1 heterocycles. The highest BCUT2D eigenvalue weighted by molar-refractivity contribution is 5.44. The van der Waals surface area contributed by atoms with Crippen LogP contribution in [-0.4, -0.2) is 67.5 Å². The molecule has 1 aromatic carbocycles. The second kappa shape index (κ2) is 9.25. The van der Waals surface area contributed by atoms with Crippen LogP contribution in [0.5, 0.6) is 11.5 Å². The molecular weight excluding hydrogens is 304 g/mol. The van der Waals surface area contributed by atoms with Crippen molar-refractivity contribution in [3.8, 4) is 11.5 Å². The number of nitrogens with zero attached hydrogens (tertiary/aromatic N) is 2. The van der Waals surface area contributed by atoms with Crippen molar-refractivity contribution < 1.29 is 14.6 Å². The molecule has 0 aromatic heterocycles. The van der Waals surface area contributed by atoms with E-state index in [2.05, 4.69) is 36.8 Å². The molecule has 1 aliphatic heterocycles. The highest BCUT2D eigenvalue weighted by Crippen LogP contribution is 2.33. The average molecular weight is 336 g/mol. The van der Waals surface area contributed by atoms with E-state index in [9.17, 15) is 5.11 Å². The van der Waals surface area contributed by atoms with E-state index >= 15 is 0 Å². The molecule has 1 aliphatic rings. The van der Waals surface area contributed by atoms with Crippen LogP contribution in [0, 0.1) is 0 Å². The molecule has 5 nitrogen and oxygen atoms in total. The van der Waals surface area contributed by atoms with Gasteiger partial charge in [-0.25, -0.2) is 0 Å². The summed E-state index contributed by atoms with van der Waals surface area (Å²) in [5.41, 5.74) is 1.08. The lowest BCUT2D eigenvalue weighted by molar-refractivity contribution is 0.0463. The summed E-state index contributed by atoms with van der Waals surface area (Å²) >= 11 is 0. The lowest BCUT2D eigenvalue weighted by atomic mass is 10.0. The van der Waals surface area contributed by atoms with Gasteiger partial charge in [0.25, 0.3) is 0 Å². The molecule has 1 N–H and O–H groups in total. The summed E-state index contributed by atoms with van der Waals surface area (Å²) in [6, 6.07) is 6.54. The Balaban J connectivity index is 2.19. The molecule has 2 rings (SSSR count). The first kappa shape index (κ1) is 19.0. The van der Waals surface area contributed by atoms with E-state index in [0.29, 0.717) is 19.3 Å². The van der Waals surface area contributed by atoms with Gasteiger partial charge in [-0.15, -0.1) is 0 Å². The van der Waals surface area contributed by atoms with Crippen LogP contribution in [0.1, 0.15) is 38.8 Å². The van der Waals surface area contributed by atoms with E-state index in [1.807, 2.05) is 19.1 Å². The predicted octanol–water partition coefficient (Wildman–Crippen LogP) is 2.54.